The van der Waals surface area contributed by atoms with Crippen molar-refractivity contribution in [3.05, 3.63) is 64.7 Å². The third kappa shape index (κ3) is 3.67. The van der Waals surface area contributed by atoms with Crippen LogP contribution in [0, 0.1) is 0 Å². The van der Waals surface area contributed by atoms with Crippen LogP contribution < -0.4 is 5.32 Å². The topological polar surface area (TPSA) is 83.6 Å². The van der Waals surface area contributed by atoms with Gasteiger partial charge in [0.25, 0.3) is 15.9 Å². The summed E-state index contributed by atoms with van der Waals surface area (Å²) in [5, 5.41) is 2.92. The molecule has 0 saturated carbocycles. The number of fused-ring (bicyclic) bond motifs is 2. The lowest BCUT2D eigenvalue weighted by Crippen LogP contribution is -2.35. The minimum absolute atomic E-state index is 0.00726. The first kappa shape index (κ1) is 19.6. The van der Waals surface area contributed by atoms with Gasteiger partial charge in [0.15, 0.2) is 0 Å². The number of nitrogens with one attached hydrogen (secondary N) is 1. The number of sulfonamides is 1. The Hall–Kier alpha value is -2.67. The van der Waals surface area contributed by atoms with Crippen molar-refractivity contribution in [3.8, 4) is 0 Å². The van der Waals surface area contributed by atoms with Crippen molar-refractivity contribution in [3.63, 3.8) is 0 Å². The number of nitrogens with zero attached hydrogens (tertiary/aromatic N) is 1. The van der Waals surface area contributed by atoms with Gasteiger partial charge in [0.2, 0.25) is 5.91 Å². The van der Waals surface area contributed by atoms with Gasteiger partial charge in [-0.15, -0.1) is 0 Å². The molecule has 2 aromatic carbocycles. The molecule has 1 atom stereocenters. The van der Waals surface area contributed by atoms with E-state index in [9.17, 15) is 18.0 Å². The molecule has 0 aromatic heterocycles. The predicted molar refractivity (Wildman–Crippen MR) is 109 cm³/mol. The average Bonchev–Trinajstić information content (AvgIpc) is 2.92. The van der Waals surface area contributed by atoms with Gasteiger partial charge in [-0.1, -0.05) is 30.3 Å². The van der Waals surface area contributed by atoms with Crippen LogP contribution in [0.4, 0.5) is 0 Å². The Morgan fingerprint density at radius 3 is 2.59 bits per heavy atom. The fraction of sp³-hybridized carbons (Fsp3) is 0.364. The smallest absolute Gasteiger partial charge is 0.269 e. The van der Waals surface area contributed by atoms with Crippen LogP contribution >= 0.6 is 0 Å². The molecule has 2 aliphatic rings. The summed E-state index contributed by atoms with van der Waals surface area (Å²) in [7, 11) is -3.88. The molecule has 2 aromatic rings. The van der Waals surface area contributed by atoms with Gasteiger partial charge in [-0.2, -0.15) is 0 Å². The maximum Gasteiger partial charge on any atom is 0.269 e. The summed E-state index contributed by atoms with van der Waals surface area (Å²) in [5.74, 6) is -0.856. The Labute approximate surface area is 171 Å². The highest BCUT2D eigenvalue weighted by atomic mass is 32.2. The Morgan fingerprint density at radius 2 is 1.83 bits per heavy atom. The van der Waals surface area contributed by atoms with Gasteiger partial charge in [0, 0.05) is 13.0 Å². The molecular weight excluding hydrogens is 388 g/mol. The van der Waals surface area contributed by atoms with Crippen molar-refractivity contribution in [2.24, 2.45) is 0 Å². The first-order valence-electron chi connectivity index (χ1n) is 9.95. The zero-order valence-electron chi connectivity index (χ0n) is 16.3. The van der Waals surface area contributed by atoms with E-state index in [0.29, 0.717) is 0 Å². The maximum atomic E-state index is 12.6. The molecule has 1 aliphatic carbocycles. The van der Waals surface area contributed by atoms with Crippen molar-refractivity contribution in [1.29, 1.82) is 0 Å². The Bertz CT molecular complexity index is 1080. The zero-order chi connectivity index (χ0) is 20.6. The predicted octanol–water partition coefficient (Wildman–Crippen LogP) is 2.98. The first-order valence-corrected chi connectivity index (χ1v) is 11.4. The van der Waals surface area contributed by atoms with E-state index in [-0.39, 0.29) is 35.4 Å². The number of amides is 2. The third-order valence-corrected chi connectivity index (χ3v) is 7.54. The third-order valence-electron chi connectivity index (χ3n) is 5.70. The van der Waals surface area contributed by atoms with Crippen molar-refractivity contribution in [2.75, 3.05) is 6.54 Å². The van der Waals surface area contributed by atoms with Gasteiger partial charge < -0.3 is 5.32 Å². The molecule has 7 heteroatoms. The van der Waals surface area contributed by atoms with Crippen LogP contribution in [-0.2, 0) is 27.7 Å². The molecule has 0 bridgehead atoms. The van der Waals surface area contributed by atoms with Crippen LogP contribution in [0.3, 0.4) is 0 Å². The number of hydrogen-bond donors (Lipinski definition) is 1. The van der Waals surface area contributed by atoms with E-state index in [0.717, 1.165) is 22.7 Å². The molecule has 152 valence electrons. The normalized spacial score (nSPS) is 18.1. The number of benzene rings is 2. The summed E-state index contributed by atoms with van der Waals surface area (Å²) >= 11 is 0. The monoisotopic (exact) mass is 412 g/mol. The first-order chi connectivity index (χ1) is 13.9. The Balaban J connectivity index is 1.39. The minimum atomic E-state index is -3.88. The molecule has 29 heavy (non-hydrogen) atoms. The van der Waals surface area contributed by atoms with E-state index in [4.69, 9.17) is 0 Å². The molecular formula is C22H24N2O4S. The fourth-order valence-electron chi connectivity index (χ4n) is 4.07. The van der Waals surface area contributed by atoms with Crippen LogP contribution in [0.5, 0.6) is 0 Å². The highest BCUT2D eigenvalue weighted by molar-refractivity contribution is 7.90. The molecule has 6 nitrogen and oxygen atoms in total. The van der Waals surface area contributed by atoms with Crippen LogP contribution in [0.25, 0.3) is 0 Å². The summed E-state index contributed by atoms with van der Waals surface area (Å²) < 4.78 is 25.9. The van der Waals surface area contributed by atoms with Gasteiger partial charge in [-0.05, 0) is 61.4 Å². The molecule has 0 fully saturated rings. The summed E-state index contributed by atoms with van der Waals surface area (Å²) in [5.41, 5.74) is 3.93. The second kappa shape index (κ2) is 7.63. The highest BCUT2D eigenvalue weighted by Gasteiger charge is 2.40. The average molecular weight is 413 g/mol. The van der Waals surface area contributed by atoms with Gasteiger partial charge >= 0.3 is 0 Å². The number of carbonyl (C=O) groups is 2. The van der Waals surface area contributed by atoms with Gasteiger partial charge in [0.05, 0.1) is 11.6 Å². The Kier molecular flexibility index (Phi) is 5.17. The van der Waals surface area contributed by atoms with Crippen molar-refractivity contribution < 1.29 is 18.0 Å². The van der Waals surface area contributed by atoms with Crippen molar-refractivity contribution in [2.45, 2.75) is 50.0 Å². The van der Waals surface area contributed by atoms with Crippen LogP contribution in [-0.4, -0.2) is 31.1 Å². The van der Waals surface area contributed by atoms with Gasteiger partial charge in [-0.3, -0.25) is 9.59 Å². The summed E-state index contributed by atoms with van der Waals surface area (Å²) in [6.45, 7) is 1.74. The van der Waals surface area contributed by atoms with E-state index in [1.165, 1.54) is 36.1 Å². The summed E-state index contributed by atoms with van der Waals surface area (Å²) in [6, 6.07) is 12.3. The molecule has 2 amide bonds. The van der Waals surface area contributed by atoms with Gasteiger partial charge in [-0.25, -0.2) is 12.7 Å². The number of aryl methyl sites for hydroxylation is 2. The molecule has 1 heterocycles. The van der Waals surface area contributed by atoms with Crippen molar-refractivity contribution >= 4 is 21.8 Å². The molecule has 0 spiro atoms. The lowest BCUT2D eigenvalue weighted by atomic mass is 9.89. The summed E-state index contributed by atoms with van der Waals surface area (Å²) in [6.07, 6.45) is 4.52. The summed E-state index contributed by atoms with van der Waals surface area (Å²) in [4.78, 5) is 24.8. The van der Waals surface area contributed by atoms with E-state index in [1.54, 1.807) is 12.1 Å². The van der Waals surface area contributed by atoms with Crippen molar-refractivity contribution in [1.82, 2.24) is 9.62 Å². The molecule has 0 unspecified atom stereocenters. The quantitative estimate of drug-likeness (QED) is 0.818. The molecule has 1 N–H and O–H groups in total. The standard InChI is InChI=1S/C22H24N2O4S/c1-15(17-11-10-16-6-2-3-7-18(16)14-17)23-21(25)12-13-24-22(26)19-8-4-5-9-20(19)29(24,27)28/h4-5,8-11,14-15H,2-3,6-7,12-13H2,1H3,(H,23,25)/t15-/m1/s1. The lowest BCUT2D eigenvalue weighted by Gasteiger charge is -2.20. The maximum absolute atomic E-state index is 12.6. The lowest BCUT2D eigenvalue weighted by molar-refractivity contribution is -0.121. The molecule has 0 radical (unpaired) electrons. The van der Waals surface area contributed by atoms with E-state index in [1.807, 2.05) is 13.0 Å². The second-order valence-corrected chi connectivity index (χ2v) is 9.48. The Morgan fingerprint density at radius 1 is 1.10 bits per heavy atom. The molecule has 0 saturated heterocycles. The number of carbonyl (C=O) groups excluding carboxylic acids is 2. The molecule has 1 aliphatic heterocycles. The van der Waals surface area contributed by atoms with Crippen LogP contribution in [0.2, 0.25) is 0 Å². The molecule has 4 rings (SSSR count). The van der Waals surface area contributed by atoms with Crippen LogP contribution in [0.1, 0.15) is 59.3 Å². The zero-order valence-corrected chi connectivity index (χ0v) is 17.2. The largest absolute Gasteiger partial charge is 0.350 e. The second-order valence-electron chi connectivity index (χ2n) is 7.65. The minimum Gasteiger partial charge on any atom is -0.350 e. The van der Waals surface area contributed by atoms with E-state index >= 15 is 0 Å². The fourth-order valence-corrected chi connectivity index (χ4v) is 5.64. The van der Waals surface area contributed by atoms with E-state index < -0.39 is 15.9 Å². The van der Waals surface area contributed by atoms with Crippen LogP contribution in [0.15, 0.2) is 47.4 Å². The van der Waals surface area contributed by atoms with Gasteiger partial charge in [0.1, 0.15) is 4.90 Å². The van der Waals surface area contributed by atoms with E-state index in [2.05, 4.69) is 17.4 Å². The number of rotatable bonds is 5. The SMILES string of the molecule is C[C@@H](NC(=O)CCN1C(=O)c2ccccc2S1(=O)=O)c1ccc2c(c1)CCCC2. The highest BCUT2D eigenvalue weighted by Crippen LogP contribution is 2.30. The number of hydrogen-bond acceptors (Lipinski definition) is 4.